The van der Waals surface area contributed by atoms with Crippen molar-refractivity contribution in [2.45, 2.75) is 62.3 Å². The van der Waals surface area contributed by atoms with E-state index in [2.05, 4.69) is 20.5 Å². The van der Waals surface area contributed by atoms with Gasteiger partial charge in [-0.05, 0) is 37.0 Å². The number of piperidine rings is 1. The Morgan fingerprint density at radius 3 is 2.51 bits per heavy atom. The molecule has 4 heterocycles. The van der Waals surface area contributed by atoms with Crippen LogP contribution in [0.4, 0.5) is 0 Å². The summed E-state index contributed by atoms with van der Waals surface area (Å²) in [6.07, 6.45) is 11.9. The van der Waals surface area contributed by atoms with Crippen LogP contribution in [0.5, 0.6) is 0 Å². The molecular weight excluding hydrogens is 484 g/mol. The van der Waals surface area contributed by atoms with Gasteiger partial charge in [-0.2, -0.15) is 5.26 Å². The van der Waals surface area contributed by atoms with Crippen molar-refractivity contribution >= 4 is 32.1 Å². The molecule has 192 valence electrons. The first-order valence-electron chi connectivity index (χ1n) is 13.3. The summed E-state index contributed by atoms with van der Waals surface area (Å²) in [5.74, 6) is 1.75. The zero-order valence-corrected chi connectivity index (χ0v) is 21.8. The average molecular weight is 517 g/mol. The largest absolute Gasteiger partial charge is 0.324 e. The number of imidazole rings is 1. The molecule has 0 amide bonds. The molecule has 2 fully saturated rings. The van der Waals surface area contributed by atoms with Crippen molar-refractivity contribution in [1.29, 1.82) is 5.26 Å². The highest BCUT2D eigenvalue weighted by atomic mass is 32.2. The minimum atomic E-state index is -3.77. The summed E-state index contributed by atoms with van der Waals surface area (Å²) < 4.78 is 30.6. The fourth-order valence-corrected chi connectivity index (χ4v) is 7.54. The summed E-state index contributed by atoms with van der Waals surface area (Å²) in [5.41, 5.74) is 2.27. The van der Waals surface area contributed by atoms with Gasteiger partial charge in [-0.3, -0.25) is 0 Å². The van der Waals surface area contributed by atoms with Gasteiger partial charge in [0.25, 0.3) is 10.0 Å². The van der Waals surface area contributed by atoms with Gasteiger partial charge in [0.05, 0.1) is 22.7 Å². The molecule has 0 spiro atoms. The van der Waals surface area contributed by atoms with Gasteiger partial charge in [0.2, 0.25) is 0 Å². The summed E-state index contributed by atoms with van der Waals surface area (Å²) in [6.45, 7) is 2.72. The van der Waals surface area contributed by atoms with Gasteiger partial charge in [0.1, 0.15) is 11.3 Å². The Morgan fingerprint density at radius 2 is 1.78 bits per heavy atom. The number of nitriles is 1. The molecular formula is C28H32N6O2S. The van der Waals surface area contributed by atoms with Crippen LogP contribution in [-0.2, 0) is 16.4 Å². The van der Waals surface area contributed by atoms with Crippen LogP contribution in [0.15, 0.2) is 53.7 Å². The Labute approximate surface area is 217 Å². The number of nitrogens with zero attached hydrogens (tertiary/aromatic N) is 6. The van der Waals surface area contributed by atoms with Gasteiger partial charge in [-0.1, -0.05) is 43.9 Å². The molecule has 37 heavy (non-hydrogen) atoms. The molecule has 0 atom stereocenters. The lowest BCUT2D eigenvalue weighted by atomic mass is 10.0. The van der Waals surface area contributed by atoms with Gasteiger partial charge >= 0.3 is 0 Å². The Bertz CT molecular complexity index is 1550. The second-order valence-electron chi connectivity index (χ2n) is 10.4. The van der Waals surface area contributed by atoms with E-state index in [1.807, 2.05) is 12.1 Å². The Hall–Kier alpha value is -3.22. The maximum absolute atomic E-state index is 13.5. The number of hydrogen-bond acceptors (Lipinski definition) is 6. The summed E-state index contributed by atoms with van der Waals surface area (Å²) >= 11 is 0. The summed E-state index contributed by atoms with van der Waals surface area (Å²) in [4.78, 5) is 12.3. The molecule has 9 heteroatoms. The predicted molar refractivity (Wildman–Crippen MR) is 143 cm³/mol. The summed E-state index contributed by atoms with van der Waals surface area (Å²) in [7, 11) is -3.77. The van der Waals surface area contributed by atoms with E-state index in [-0.39, 0.29) is 4.90 Å². The van der Waals surface area contributed by atoms with Crippen molar-refractivity contribution in [3.8, 4) is 6.07 Å². The van der Waals surface area contributed by atoms with Crippen LogP contribution in [-0.4, -0.2) is 51.5 Å². The molecule has 1 saturated heterocycles. The zero-order valence-electron chi connectivity index (χ0n) is 21.0. The third-order valence-corrected chi connectivity index (χ3v) is 9.79. The van der Waals surface area contributed by atoms with E-state index in [1.54, 1.807) is 36.7 Å². The second-order valence-corrected chi connectivity index (χ2v) is 12.2. The number of aromatic nitrogens is 4. The fraction of sp³-hybridized carbons (Fsp3) is 0.464. The fourth-order valence-electron chi connectivity index (χ4n) is 6.21. The van der Waals surface area contributed by atoms with Crippen molar-refractivity contribution in [3.05, 3.63) is 54.6 Å². The molecule has 0 radical (unpaired) electrons. The third-order valence-electron chi connectivity index (χ3n) is 8.11. The number of fused-ring (bicyclic) bond motifs is 3. The summed E-state index contributed by atoms with van der Waals surface area (Å²) in [6, 6.07) is 12.9. The smallest absolute Gasteiger partial charge is 0.269 e. The number of rotatable bonds is 7. The van der Waals surface area contributed by atoms with E-state index in [1.165, 1.54) is 29.7 Å². The lowest BCUT2D eigenvalue weighted by molar-refractivity contribution is 0.189. The predicted octanol–water partition coefficient (Wildman–Crippen LogP) is 4.91. The molecule has 0 N–H and O–H groups in total. The number of hydrogen-bond donors (Lipinski definition) is 0. The minimum absolute atomic E-state index is 0.245. The molecule has 6 rings (SSSR count). The van der Waals surface area contributed by atoms with E-state index in [4.69, 9.17) is 10.2 Å². The topological polar surface area (TPSA) is 96.8 Å². The van der Waals surface area contributed by atoms with Gasteiger partial charge < -0.3 is 9.47 Å². The molecule has 4 aromatic rings. The van der Waals surface area contributed by atoms with Gasteiger partial charge in [0.15, 0.2) is 5.65 Å². The molecule has 1 saturated carbocycles. The molecule has 2 aliphatic rings. The average Bonchev–Trinajstić information content (AvgIpc) is 3.67. The van der Waals surface area contributed by atoms with Crippen molar-refractivity contribution in [2.24, 2.45) is 5.92 Å². The Balaban J connectivity index is 1.45. The van der Waals surface area contributed by atoms with Crippen LogP contribution < -0.4 is 0 Å². The molecule has 8 nitrogen and oxygen atoms in total. The molecule has 0 bridgehead atoms. The first kappa shape index (κ1) is 24.1. The highest BCUT2D eigenvalue weighted by Crippen LogP contribution is 2.36. The van der Waals surface area contributed by atoms with Crippen LogP contribution in [0.3, 0.4) is 0 Å². The number of likely N-dealkylation sites (tertiary alicyclic amines) is 1. The molecule has 1 aromatic carbocycles. The van der Waals surface area contributed by atoms with E-state index in [0.29, 0.717) is 24.0 Å². The first-order valence-corrected chi connectivity index (χ1v) is 14.8. The van der Waals surface area contributed by atoms with E-state index >= 15 is 0 Å². The van der Waals surface area contributed by atoms with Crippen molar-refractivity contribution in [2.75, 3.05) is 19.6 Å². The maximum atomic E-state index is 13.5. The standard InChI is InChI=1S/C28H32N6O2S/c29-14-6-15-32-16-11-22(12-17-32)34-26(19-21-7-4-5-8-21)31-25-20-30-28-24(27(25)34)13-18-33(28)37(35,36)23-9-2-1-3-10-23/h1-3,9-10,13,18,20-22H,4-8,11-12,15-17,19H2. The quantitative estimate of drug-likeness (QED) is 0.346. The van der Waals surface area contributed by atoms with Crippen molar-refractivity contribution in [3.63, 3.8) is 0 Å². The highest BCUT2D eigenvalue weighted by Gasteiger charge is 2.29. The van der Waals surface area contributed by atoms with Crippen LogP contribution in [0.2, 0.25) is 0 Å². The molecule has 3 aromatic heterocycles. The Kier molecular flexibility index (Phi) is 6.47. The normalized spacial score (nSPS) is 18.1. The van der Waals surface area contributed by atoms with Gasteiger partial charge in [-0.25, -0.2) is 22.4 Å². The molecule has 1 aliphatic heterocycles. The van der Waals surface area contributed by atoms with Crippen LogP contribution in [0.1, 0.15) is 56.8 Å². The molecule has 0 unspecified atom stereocenters. The van der Waals surface area contributed by atoms with Crippen LogP contribution in [0.25, 0.3) is 22.1 Å². The third kappa shape index (κ3) is 4.42. The van der Waals surface area contributed by atoms with E-state index in [0.717, 1.165) is 61.1 Å². The lowest BCUT2D eigenvalue weighted by Gasteiger charge is -2.33. The number of pyridine rings is 1. The van der Waals surface area contributed by atoms with Crippen LogP contribution in [0, 0.1) is 17.2 Å². The zero-order chi connectivity index (χ0) is 25.4. The van der Waals surface area contributed by atoms with E-state index < -0.39 is 10.0 Å². The van der Waals surface area contributed by atoms with Gasteiger partial charge in [-0.15, -0.1) is 0 Å². The SMILES string of the molecule is N#CCCN1CCC(n2c(CC3CCCC3)nc3cnc4c(ccn4S(=O)(=O)c4ccccc4)c32)CC1. The van der Waals surface area contributed by atoms with Gasteiger partial charge in [0, 0.05) is 50.1 Å². The second kappa shape index (κ2) is 9.92. The Morgan fingerprint density at radius 1 is 1.03 bits per heavy atom. The summed E-state index contributed by atoms with van der Waals surface area (Å²) in [5, 5.41) is 9.81. The number of benzene rings is 1. The van der Waals surface area contributed by atoms with E-state index in [9.17, 15) is 8.42 Å². The van der Waals surface area contributed by atoms with Crippen molar-refractivity contribution < 1.29 is 8.42 Å². The highest BCUT2D eigenvalue weighted by molar-refractivity contribution is 7.90. The first-order chi connectivity index (χ1) is 18.1. The monoisotopic (exact) mass is 516 g/mol. The molecule has 1 aliphatic carbocycles. The lowest BCUT2D eigenvalue weighted by Crippen LogP contribution is -2.35. The van der Waals surface area contributed by atoms with Crippen LogP contribution >= 0.6 is 0 Å². The minimum Gasteiger partial charge on any atom is -0.324 e. The maximum Gasteiger partial charge on any atom is 0.269 e. The van der Waals surface area contributed by atoms with Crippen molar-refractivity contribution in [1.82, 2.24) is 23.4 Å².